The van der Waals surface area contributed by atoms with Crippen molar-refractivity contribution in [1.82, 2.24) is 14.7 Å². The molecule has 26 heavy (non-hydrogen) atoms. The molecule has 1 atom stereocenters. The van der Waals surface area contributed by atoms with E-state index in [2.05, 4.69) is 46.9 Å². The van der Waals surface area contributed by atoms with Gasteiger partial charge in [-0.2, -0.15) is 0 Å². The number of nitrogens with zero attached hydrogens (tertiary/aromatic N) is 3. The van der Waals surface area contributed by atoms with E-state index >= 15 is 0 Å². The van der Waals surface area contributed by atoms with Gasteiger partial charge in [0.2, 0.25) is 0 Å². The number of benzene rings is 2. The van der Waals surface area contributed by atoms with Crippen molar-refractivity contribution in [3.05, 3.63) is 59.7 Å². The molecule has 2 aliphatic rings. The molecule has 0 aliphatic carbocycles. The van der Waals surface area contributed by atoms with E-state index in [-0.39, 0.29) is 5.91 Å². The number of amides is 1. The fraction of sp³-hybridized carbons (Fsp3) is 0.409. The van der Waals surface area contributed by atoms with Crippen molar-refractivity contribution in [2.75, 3.05) is 46.3 Å². The van der Waals surface area contributed by atoms with Crippen molar-refractivity contribution >= 4 is 5.91 Å². The van der Waals surface area contributed by atoms with Crippen molar-refractivity contribution in [3.63, 3.8) is 0 Å². The molecule has 1 amide bonds. The molecule has 0 spiro atoms. The zero-order valence-electron chi connectivity index (χ0n) is 15.7. The van der Waals surface area contributed by atoms with E-state index in [1.807, 2.05) is 30.3 Å². The van der Waals surface area contributed by atoms with Gasteiger partial charge in [-0.15, -0.1) is 0 Å². The maximum atomic E-state index is 13.4. The van der Waals surface area contributed by atoms with Gasteiger partial charge in [0.15, 0.2) is 0 Å². The Hall–Kier alpha value is -2.17. The zero-order chi connectivity index (χ0) is 18.1. The Labute approximate surface area is 156 Å². The number of hydrogen-bond donors (Lipinski definition) is 0. The average molecular weight is 349 g/mol. The summed E-state index contributed by atoms with van der Waals surface area (Å²) in [4.78, 5) is 20.3. The standard InChI is InChI=1S/C22H27N3O/c1-17-7-3-4-8-19(17)20-9-5-6-10-21(20)22(26)25-14-13-24-12-11-23(2)15-18(24)16-25/h3-10,18H,11-16H2,1-2H3/t18-/m0/s1. The summed E-state index contributed by atoms with van der Waals surface area (Å²) in [6.07, 6.45) is 0. The second-order valence-electron chi connectivity index (χ2n) is 7.56. The van der Waals surface area contributed by atoms with Gasteiger partial charge >= 0.3 is 0 Å². The first-order valence-corrected chi connectivity index (χ1v) is 9.50. The molecule has 4 rings (SSSR count). The lowest BCUT2D eigenvalue weighted by Crippen LogP contribution is -2.62. The second-order valence-corrected chi connectivity index (χ2v) is 7.56. The van der Waals surface area contributed by atoms with E-state index in [0.29, 0.717) is 6.04 Å². The van der Waals surface area contributed by atoms with Crippen molar-refractivity contribution in [3.8, 4) is 11.1 Å². The number of fused-ring (bicyclic) bond motifs is 1. The molecule has 0 saturated carbocycles. The summed E-state index contributed by atoms with van der Waals surface area (Å²) >= 11 is 0. The number of piperazine rings is 2. The lowest BCUT2D eigenvalue weighted by Gasteiger charge is -2.46. The van der Waals surface area contributed by atoms with Crippen LogP contribution in [0, 0.1) is 6.92 Å². The maximum Gasteiger partial charge on any atom is 0.254 e. The second kappa shape index (κ2) is 7.22. The van der Waals surface area contributed by atoms with Crippen LogP contribution in [0.2, 0.25) is 0 Å². The molecule has 2 aromatic carbocycles. The van der Waals surface area contributed by atoms with Gasteiger partial charge < -0.3 is 9.80 Å². The molecule has 2 heterocycles. The largest absolute Gasteiger partial charge is 0.336 e. The Morgan fingerprint density at radius 3 is 2.38 bits per heavy atom. The summed E-state index contributed by atoms with van der Waals surface area (Å²) in [6, 6.07) is 16.8. The van der Waals surface area contributed by atoms with Crippen LogP contribution in [0.15, 0.2) is 48.5 Å². The molecule has 2 aromatic rings. The van der Waals surface area contributed by atoms with Gasteiger partial charge in [0, 0.05) is 50.9 Å². The number of carbonyl (C=O) groups is 1. The predicted molar refractivity (Wildman–Crippen MR) is 105 cm³/mol. The highest BCUT2D eigenvalue weighted by Gasteiger charge is 2.33. The normalized spacial score (nSPS) is 21.5. The third kappa shape index (κ3) is 3.27. The summed E-state index contributed by atoms with van der Waals surface area (Å²) in [7, 11) is 2.17. The molecule has 0 N–H and O–H groups in total. The molecule has 136 valence electrons. The first-order valence-electron chi connectivity index (χ1n) is 9.50. The van der Waals surface area contributed by atoms with Crippen molar-refractivity contribution in [2.24, 2.45) is 0 Å². The predicted octanol–water partition coefficient (Wildman–Crippen LogP) is 2.73. The number of aryl methyl sites for hydroxylation is 1. The summed E-state index contributed by atoms with van der Waals surface area (Å²) < 4.78 is 0. The van der Waals surface area contributed by atoms with E-state index in [4.69, 9.17) is 0 Å². The lowest BCUT2D eigenvalue weighted by atomic mass is 9.95. The Balaban J connectivity index is 1.60. The fourth-order valence-corrected chi connectivity index (χ4v) is 4.25. The molecule has 2 saturated heterocycles. The molecule has 2 aliphatic heterocycles. The summed E-state index contributed by atoms with van der Waals surface area (Å²) in [5.74, 6) is 0.164. The van der Waals surface area contributed by atoms with Crippen LogP contribution in [-0.2, 0) is 0 Å². The van der Waals surface area contributed by atoms with Gasteiger partial charge in [0.25, 0.3) is 5.91 Å². The van der Waals surface area contributed by atoms with Gasteiger partial charge in [-0.1, -0.05) is 42.5 Å². The van der Waals surface area contributed by atoms with Crippen molar-refractivity contribution < 1.29 is 4.79 Å². The summed E-state index contributed by atoms with van der Waals surface area (Å²) in [6.45, 7) is 8.02. The molecular formula is C22H27N3O. The fourth-order valence-electron chi connectivity index (χ4n) is 4.25. The highest BCUT2D eigenvalue weighted by atomic mass is 16.2. The Morgan fingerprint density at radius 2 is 1.58 bits per heavy atom. The summed E-state index contributed by atoms with van der Waals surface area (Å²) in [5.41, 5.74) is 4.21. The van der Waals surface area contributed by atoms with Gasteiger partial charge in [-0.25, -0.2) is 0 Å². The maximum absolute atomic E-state index is 13.4. The first kappa shape index (κ1) is 17.3. The number of likely N-dealkylation sites (N-methyl/N-ethyl adjacent to an activating group) is 1. The number of carbonyl (C=O) groups excluding carboxylic acids is 1. The minimum absolute atomic E-state index is 0.164. The van der Waals surface area contributed by atoms with Crippen LogP contribution >= 0.6 is 0 Å². The van der Waals surface area contributed by atoms with Crippen molar-refractivity contribution in [2.45, 2.75) is 13.0 Å². The van der Waals surface area contributed by atoms with Crippen LogP contribution < -0.4 is 0 Å². The molecule has 4 nitrogen and oxygen atoms in total. The third-order valence-electron chi connectivity index (χ3n) is 5.78. The van der Waals surface area contributed by atoms with E-state index < -0.39 is 0 Å². The van der Waals surface area contributed by atoms with Gasteiger partial charge in [-0.3, -0.25) is 9.69 Å². The molecule has 0 bridgehead atoms. The number of hydrogen-bond acceptors (Lipinski definition) is 3. The Kier molecular flexibility index (Phi) is 4.79. The SMILES string of the molecule is Cc1ccccc1-c1ccccc1C(=O)N1CCN2CCN(C)C[C@H]2C1. The number of rotatable bonds is 2. The van der Waals surface area contributed by atoms with Gasteiger partial charge in [0.1, 0.15) is 0 Å². The quantitative estimate of drug-likeness (QED) is 0.834. The van der Waals surface area contributed by atoms with Crippen LogP contribution in [-0.4, -0.2) is 73.0 Å². The summed E-state index contributed by atoms with van der Waals surface area (Å²) in [5, 5.41) is 0. The average Bonchev–Trinajstić information content (AvgIpc) is 2.67. The van der Waals surface area contributed by atoms with Crippen LogP contribution in [0.5, 0.6) is 0 Å². The zero-order valence-corrected chi connectivity index (χ0v) is 15.7. The molecule has 0 unspecified atom stereocenters. The van der Waals surface area contributed by atoms with Crippen LogP contribution in [0.4, 0.5) is 0 Å². The molecule has 0 aromatic heterocycles. The van der Waals surface area contributed by atoms with Crippen LogP contribution in [0.1, 0.15) is 15.9 Å². The molecule has 0 radical (unpaired) electrons. The monoisotopic (exact) mass is 349 g/mol. The van der Waals surface area contributed by atoms with Crippen LogP contribution in [0.3, 0.4) is 0 Å². The topological polar surface area (TPSA) is 26.8 Å². The minimum Gasteiger partial charge on any atom is -0.336 e. The van der Waals surface area contributed by atoms with E-state index in [9.17, 15) is 4.79 Å². The molecule has 4 heteroatoms. The van der Waals surface area contributed by atoms with E-state index in [1.165, 1.54) is 5.56 Å². The lowest BCUT2D eigenvalue weighted by molar-refractivity contribution is 0.0190. The van der Waals surface area contributed by atoms with Crippen LogP contribution in [0.25, 0.3) is 11.1 Å². The Morgan fingerprint density at radius 1 is 0.885 bits per heavy atom. The highest BCUT2D eigenvalue weighted by Crippen LogP contribution is 2.28. The molecular weight excluding hydrogens is 322 g/mol. The van der Waals surface area contributed by atoms with E-state index in [1.54, 1.807) is 0 Å². The van der Waals surface area contributed by atoms with E-state index in [0.717, 1.165) is 56.0 Å². The highest BCUT2D eigenvalue weighted by molar-refractivity contribution is 6.01. The minimum atomic E-state index is 0.164. The van der Waals surface area contributed by atoms with Gasteiger partial charge in [0.05, 0.1) is 0 Å². The van der Waals surface area contributed by atoms with Gasteiger partial charge in [-0.05, 0) is 36.7 Å². The third-order valence-corrected chi connectivity index (χ3v) is 5.78. The Bertz CT molecular complexity index is 803. The first-order chi connectivity index (χ1) is 12.6. The smallest absolute Gasteiger partial charge is 0.254 e. The van der Waals surface area contributed by atoms with Crippen molar-refractivity contribution in [1.29, 1.82) is 0 Å². The molecule has 2 fully saturated rings.